The average Bonchev–Trinajstić information content (AvgIpc) is 2.59. The van der Waals surface area contributed by atoms with Crippen LogP contribution in [0.4, 0.5) is 5.69 Å². The lowest BCUT2D eigenvalue weighted by Crippen LogP contribution is -2.23. The summed E-state index contributed by atoms with van der Waals surface area (Å²) in [6.07, 6.45) is 1.61. The molecule has 1 amide bonds. The predicted octanol–water partition coefficient (Wildman–Crippen LogP) is 2.11. The number of aromatic nitrogens is 1. The van der Waals surface area contributed by atoms with Gasteiger partial charge in [0, 0.05) is 23.4 Å². The molecular weight excluding hydrogens is 310 g/mol. The zero-order valence-corrected chi connectivity index (χ0v) is 13.0. The van der Waals surface area contributed by atoms with Crippen molar-refractivity contribution < 1.29 is 14.5 Å². The number of nitro groups is 1. The topological polar surface area (TPSA) is 94.4 Å². The van der Waals surface area contributed by atoms with Gasteiger partial charge in [-0.25, -0.2) is 0 Å². The zero-order chi connectivity index (χ0) is 17.4. The first-order chi connectivity index (χ1) is 11.6. The van der Waals surface area contributed by atoms with Gasteiger partial charge in [0.25, 0.3) is 11.6 Å². The van der Waals surface area contributed by atoms with Crippen molar-refractivity contribution in [3.63, 3.8) is 0 Å². The molecule has 0 spiro atoms. The van der Waals surface area contributed by atoms with E-state index in [2.05, 4.69) is 22.1 Å². The van der Waals surface area contributed by atoms with Crippen molar-refractivity contribution in [2.24, 2.45) is 0 Å². The Morgan fingerprint density at radius 2 is 2.17 bits per heavy atom. The number of nitro benzene ring substituents is 1. The van der Waals surface area contributed by atoms with E-state index in [0.29, 0.717) is 5.75 Å². The van der Waals surface area contributed by atoms with Crippen LogP contribution in [-0.4, -0.2) is 29.0 Å². The molecule has 0 radical (unpaired) electrons. The largest absolute Gasteiger partial charge is 0.479 e. The van der Waals surface area contributed by atoms with Gasteiger partial charge in [-0.05, 0) is 25.1 Å². The molecule has 1 aromatic carbocycles. The molecule has 0 aliphatic heterocycles. The number of hydrogen-bond acceptors (Lipinski definition) is 5. The summed E-state index contributed by atoms with van der Waals surface area (Å²) in [7, 11) is 0. The van der Waals surface area contributed by atoms with Crippen LogP contribution in [0.1, 0.15) is 16.1 Å². The molecule has 2 rings (SSSR count). The zero-order valence-electron chi connectivity index (χ0n) is 13.0. The molecule has 7 heteroatoms. The number of carbonyl (C=O) groups is 1. The van der Waals surface area contributed by atoms with E-state index in [0.717, 1.165) is 5.69 Å². The summed E-state index contributed by atoms with van der Waals surface area (Å²) in [6, 6.07) is 9.14. The molecule has 1 N–H and O–H groups in total. The first kappa shape index (κ1) is 17.0. The van der Waals surface area contributed by atoms with Crippen molar-refractivity contribution in [1.82, 2.24) is 10.3 Å². The fraction of sp³-hybridized carbons (Fsp3) is 0.176. The van der Waals surface area contributed by atoms with Gasteiger partial charge >= 0.3 is 0 Å². The number of ether oxygens (including phenoxy) is 1. The van der Waals surface area contributed by atoms with E-state index in [4.69, 9.17) is 4.74 Å². The third kappa shape index (κ3) is 5.10. The number of nitrogens with one attached hydrogen (secondary N) is 1. The molecule has 1 heterocycles. The molecular formula is C17H15N3O4. The minimum Gasteiger partial charge on any atom is -0.479 e. The normalized spacial score (nSPS) is 9.54. The molecule has 0 saturated carbocycles. The van der Waals surface area contributed by atoms with Gasteiger partial charge in [-0.2, -0.15) is 0 Å². The first-order valence-corrected chi connectivity index (χ1v) is 7.10. The van der Waals surface area contributed by atoms with Crippen LogP contribution in [0.15, 0.2) is 42.6 Å². The second kappa shape index (κ2) is 8.29. The Labute approximate surface area is 138 Å². The van der Waals surface area contributed by atoms with Gasteiger partial charge in [0.15, 0.2) is 0 Å². The van der Waals surface area contributed by atoms with Gasteiger partial charge in [-0.15, -0.1) is 0 Å². The fourth-order valence-corrected chi connectivity index (χ4v) is 1.76. The minimum absolute atomic E-state index is 0.122. The third-order valence-corrected chi connectivity index (χ3v) is 2.98. The van der Waals surface area contributed by atoms with Crippen LogP contribution in [0.5, 0.6) is 5.75 Å². The third-order valence-electron chi connectivity index (χ3n) is 2.98. The Kier molecular flexibility index (Phi) is 5.86. The molecule has 0 fully saturated rings. The van der Waals surface area contributed by atoms with E-state index in [9.17, 15) is 14.9 Å². The van der Waals surface area contributed by atoms with Crippen molar-refractivity contribution in [3.05, 3.63) is 64.0 Å². The maximum atomic E-state index is 11.9. The Morgan fingerprint density at radius 3 is 2.88 bits per heavy atom. The highest BCUT2D eigenvalue weighted by Gasteiger charge is 2.10. The summed E-state index contributed by atoms with van der Waals surface area (Å²) < 4.78 is 5.37. The smallest absolute Gasteiger partial charge is 0.270 e. The number of aryl methyl sites for hydroxylation is 1. The van der Waals surface area contributed by atoms with Gasteiger partial charge in [-0.3, -0.25) is 19.9 Å². The quantitative estimate of drug-likeness (QED) is 0.516. The summed E-state index contributed by atoms with van der Waals surface area (Å²) in [5.74, 6) is 5.71. The van der Waals surface area contributed by atoms with Crippen molar-refractivity contribution >= 4 is 11.6 Å². The minimum atomic E-state index is -0.548. The molecule has 2 aromatic rings. The Morgan fingerprint density at radius 1 is 1.33 bits per heavy atom. The number of carbonyl (C=O) groups excluding carboxylic acids is 1. The van der Waals surface area contributed by atoms with E-state index < -0.39 is 10.8 Å². The molecule has 7 nitrogen and oxygen atoms in total. The lowest BCUT2D eigenvalue weighted by molar-refractivity contribution is -0.384. The van der Waals surface area contributed by atoms with E-state index >= 15 is 0 Å². The maximum Gasteiger partial charge on any atom is 0.270 e. The molecule has 0 saturated heterocycles. The van der Waals surface area contributed by atoms with Crippen molar-refractivity contribution in [1.29, 1.82) is 0 Å². The average molecular weight is 325 g/mol. The number of rotatable bonds is 5. The van der Waals surface area contributed by atoms with Gasteiger partial charge in [0.05, 0.1) is 17.7 Å². The molecule has 1 aromatic heterocycles. The second-order valence-electron chi connectivity index (χ2n) is 4.77. The van der Waals surface area contributed by atoms with E-state index in [1.165, 1.54) is 24.3 Å². The summed E-state index contributed by atoms with van der Waals surface area (Å²) in [5.41, 5.74) is 0.985. The van der Waals surface area contributed by atoms with Crippen LogP contribution in [0.2, 0.25) is 0 Å². The molecule has 24 heavy (non-hydrogen) atoms. The van der Waals surface area contributed by atoms with Gasteiger partial charge in [0.2, 0.25) is 0 Å². The maximum absolute atomic E-state index is 11.9. The van der Waals surface area contributed by atoms with E-state index in [1.807, 2.05) is 13.0 Å². The number of pyridine rings is 1. The van der Waals surface area contributed by atoms with Crippen LogP contribution in [-0.2, 0) is 0 Å². The van der Waals surface area contributed by atoms with Crippen molar-refractivity contribution in [3.8, 4) is 17.6 Å². The van der Waals surface area contributed by atoms with Crippen molar-refractivity contribution in [2.75, 3.05) is 13.2 Å². The number of non-ortho nitro benzene ring substituents is 1. The lowest BCUT2D eigenvalue weighted by atomic mass is 10.2. The molecule has 0 aliphatic carbocycles. The standard InChI is InChI=1S/C17H15N3O4/c1-13-7-8-16(12-19-13)24-10-3-2-9-18-17(21)14-5-4-6-15(11-14)20(22)23/h4-8,11-12H,9-10H2,1H3,(H,18,21). The lowest BCUT2D eigenvalue weighted by Gasteiger charge is -2.02. The predicted molar refractivity (Wildman–Crippen MR) is 87.7 cm³/mol. The van der Waals surface area contributed by atoms with Crippen LogP contribution in [0, 0.1) is 28.9 Å². The summed E-state index contributed by atoms with van der Waals surface area (Å²) in [6.45, 7) is 2.18. The van der Waals surface area contributed by atoms with Crippen LogP contribution in [0.25, 0.3) is 0 Å². The fourth-order valence-electron chi connectivity index (χ4n) is 1.76. The van der Waals surface area contributed by atoms with Gasteiger partial charge in [-0.1, -0.05) is 17.9 Å². The van der Waals surface area contributed by atoms with Crippen molar-refractivity contribution in [2.45, 2.75) is 6.92 Å². The number of hydrogen-bond donors (Lipinski definition) is 1. The van der Waals surface area contributed by atoms with Gasteiger partial charge in [0.1, 0.15) is 12.4 Å². The number of benzene rings is 1. The van der Waals surface area contributed by atoms with E-state index in [-0.39, 0.29) is 24.4 Å². The second-order valence-corrected chi connectivity index (χ2v) is 4.77. The summed E-state index contributed by atoms with van der Waals surface area (Å²) in [5, 5.41) is 13.2. The van der Waals surface area contributed by atoms with E-state index in [1.54, 1.807) is 12.3 Å². The highest BCUT2D eigenvalue weighted by molar-refractivity contribution is 5.94. The SMILES string of the molecule is Cc1ccc(OCC#CCNC(=O)c2cccc([N+](=O)[O-])c2)cn1. The Balaban J connectivity index is 1.78. The molecule has 0 atom stereocenters. The number of amides is 1. The monoisotopic (exact) mass is 325 g/mol. The molecule has 122 valence electrons. The molecule has 0 aliphatic rings. The molecule has 0 unspecified atom stereocenters. The van der Waals surface area contributed by atoms with Crippen LogP contribution in [0.3, 0.4) is 0 Å². The first-order valence-electron chi connectivity index (χ1n) is 7.10. The number of nitrogens with zero attached hydrogens (tertiary/aromatic N) is 2. The summed E-state index contributed by atoms with van der Waals surface area (Å²) >= 11 is 0. The summed E-state index contributed by atoms with van der Waals surface area (Å²) in [4.78, 5) is 26.1. The molecule has 0 bridgehead atoms. The van der Waals surface area contributed by atoms with Gasteiger partial charge < -0.3 is 10.1 Å². The Hall–Kier alpha value is -3.40. The van der Waals surface area contributed by atoms with Crippen LogP contribution < -0.4 is 10.1 Å². The highest BCUT2D eigenvalue weighted by atomic mass is 16.6. The highest BCUT2D eigenvalue weighted by Crippen LogP contribution is 2.12. The Bertz CT molecular complexity index is 791. The van der Waals surface area contributed by atoms with Crippen LogP contribution >= 0.6 is 0 Å².